The molecule has 0 heterocycles. The first kappa shape index (κ1) is 54.1. The van der Waals surface area contributed by atoms with Crippen LogP contribution in [0.15, 0.2) is 0 Å². The Kier molecular flexibility index (Phi) is 39.2. The van der Waals surface area contributed by atoms with Crippen LogP contribution in [0.2, 0.25) is 0 Å². The summed E-state index contributed by atoms with van der Waals surface area (Å²) >= 11 is 0. The number of aliphatic carboxylic acids is 2. The average molecular weight is 835 g/mol. The lowest BCUT2D eigenvalue weighted by atomic mass is 10.0. The minimum atomic E-state index is -1.05. The summed E-state index contributed by atoms with van der Waals surface area (Å²) in [6.45, 7) is 3.84. The molecule has 0 spiro atoms. The van der Waals surface area contributed by atoms with Gasteiger partial charge in [-0.25, -0.2) is 4.79 Å². The largest absolute Gasteiger partial charge is 0.481 e. The molecule has 0 fully saturated rings. The van der Waals surface area contributed by atoms with E-state index in [0.29, 0.717) is 91.1 Å². The molecule has 0 aromatic heterocycles. The SMILES string of the molecule is O=C(O)CCCCCCCCCCCCCCCCC(=O)NC(CCCCNC(=O)CCOCCOCCNC(=O)CCOCCOCCNC(=O)CP)C(=O)O. The topological polar surface area (TPSA) is 228 Å². The van der Waals surface area contributed by atoms with Crippen molar-refractivity contribution in [2.24, 2.45) is 0 Å². The number of hydrogen-bond donors (Lipinski definition) is 6. The first-order chi connectivity index (χ1) is 27.6. The van der Waals surface area contributed by atoms with Crippen LogP contribution < -0.4 is 21.3 Å². The molecule has 0 aromatic rings. The van der Waals surface area contributed by atoms with Gasteiger partial charge in [-0.1, -0.05) is 77.0 Å². The van der Waals surface area contributed by atoms with E-state index in [1.807, 2.05) is 0 Å². The van der Waals surface area contributed by atoms with Gasteiger partial charge >= 0.3 is 11.9 Å². The van der Waals surface area contributed by atoms with Crippen molar-refractivity contribution in [2.45, 2.75) is 141 Å². The highest BCUT2D eigenvalue weighted by Gasteiger charge is 2.19. The van der Waals surface area contributed by atoms with E-state index in [1.54, 1.807) is 0 Å². The Balaban J connectivity index is 3.59. The molecule has 332 valence electrons. The molecule has 0 aliphatic carbocycles. The minimum absolute atomic E-state index is 0.0534. The zero-order valence-electron chi connectivity index (χ0n) is 34.5. The van der Waals surface area contributed by atoms with E-state index in [-0.39, 0.29) is 56.1 Å². The summed E-state index contributed by atoms with van der Waals surface area (Å²) in [5.41, 5.74) is 0. The minimum Gasteiger partial charge on any atom is -0.481 e. The van der Waals surface area contributed by atoms with Gasteiger partial charge in [0.15, 0.2) is 0 Å². The number of hydrogen-bond acceptors (Lipinski definition) is 10. The molecule has 2 atom stereocenters. The molecular weight excluding hydrogens is 759 g/mol. The number of carboxylic acid groups (broad SMARTS) is 2. The van der Waals surface area contributed by atoms with E-state index in [1.165, 1.54) is 44.9 Å². The van der Waals surface area contributed by atoms with E-state index in [0.717, 1.165) is 44.9 Å². The summed E-state index contributed by atoms with van der Waals surface area (Å²) in [6.07, 6.45) is 18.2. The third-order valence-corrected chi connectivity index (χ3v) is 9.30. The molecule has 0 aliphatic heterocycles. The van der Waals surface area contributed by atoms with E-state index in [4.69, 9.17) is 24.1 Å². The predicted octanol–water partition coefficient (Wildman–Crippen LogP) is 4.12. The van der Waals surface area contributed by atoms with Crippen LogP contribution in [0, 0.1) is 0 Å². The summed E-state index contributed by atoms with van der Waals surface area (Å²) in [5.74, 6) is -2.36. The number of rotatable bonds is 43. The van der Waals surface area contributed by atoms with E-state index in [9.17, 15) is 33.9 Å². The monoisotopic (exact) mass is 835 g/mol. The van der Waals surface area contributed by atoms with Gasteiger partial charge < -0.3 is 50.4 Å². The smallest absolute Gasteiger partial charge is 0.326 e. The maximum atomic E-state index is 12.3. The highest BCUT2D eigenvalue weighted by Crippen LogP contribution is 2.14. The van der Waals surface area contributed by atoms with Crippen LogP contribution in [0.4, 0.5) is 0 Å². The number of carboxylic acids is 2. The first-order valence-corrected chi connectivity index (χ1v) is 22.0. The lowest BCUT2D eigenvalue weighted by molar-refractivity contribution is -0.142. The van der Waals surface area contributed by atoms with Crippen LogP contribution in [-0.4, -0.2) is 130 Å². The summed E-state index contributed by atoms with van der Waals surface area (Å²) < 4.78 is 21.5. The number of nitrogens with one attached hydrogen (secondary N) is 4. The Morgan fingerprint density at radius 1 is 0.421 bits per heavy atom. The summed E-state index contributed by atoms with van der Waals surface area (Å²) in [7, 11) is 2.35. The number of ether oxygens (including phenoxy) is 4. The highest BCUT2D eigenvalue weighted by atomic mass is 31.0. The highest BCUT2D eigenvalue weighted by molar-refractivity contribution is 7.18. The molecule has 0 saturated carbocycles. The molecule has 16 nitrogen and oxygen atoms in total. The molecule has 4 amide bonds. The van der Waals surface area contributed by atoms with Gasteiger partial charge in [-0.2, -0.15) is 0 Å². The van der Waals surface area contributed by atoms with Gasteiger partial charge in [0.1, 0.15) is 6.04 Å². The Morgan fingerprint density at radius 2 is 0.825 bits per heavy atom. The molecule has 0 aliphatic rings. The third-order valence-electron chi connectivity index (χ3n) is 8.93. The molecule has 6 N–H and O–H groups in total. The summed E-state index contributed by atoms with van der Waals surface area (Å²) in [6, 6.07) is -0.938. The number of carbonyl (C=O) groups is 6. The molecule has 0 aromatic carbocycles. The number of carbonyl (C=O) groups excluding carboxylic acids is 4. The predicted molar refractivity (Wildman–Crippen MR) is 221 cm³/mol. The van der Waals surface area contributed by atoms with Crippen LogP contribution in [0.25, 0.3) is 0 Å². The van der Waals surface area contributed by atoms with Gasteiger partial charge in [-0.3, -0.25) is 24.0 Å². The Hall–Kier alpha value is -2.91. The molecule has 0 radical (unpaired) electrons. The zero-order valence-corrected chi connectivity index (χ0v) is 35.6. The van der Waals surface area contributed by atoms with Crippen molar-refractivity contribution in [3.8, 4) is 0 Å². The molecule has 2 unspecified atom stereocenters. The molecule has 0 saturated heterocycles. The first-order valence-electron chi connectivity index (χ1n) is 21.2. The van der Waals surface area contributed by atoms with Crippen molar-refractivity contribution in [1.29, 1.82) is 0 Å². The van der Waals surface area contributed by atoms with Crippen molar-refractivity contribution < 1.29 is 57.9 Å². The summed E-state index contributed by atoms with van der Waals surface area (Å²) in [4.78, 5) is 69.5. The van der Waals surface area contributed by atoms with E-state index >= 15 is 0 Å². The van der Waals surface area contributed by atoms with Crippen molar-refractivity contribution in [3.63, 3.8) is 0 Å². The maximum Gasteiger partial charge on any atom is 0.326 e. The summed E-state index contributed by atoms with van der Waals surface area (Å²) in [5, 5.41) is 29.1. The second-order valence-electron chi connectivity index (χ2n) is 14.0. The van der Waals surface area contributed by atoms with Gasteiger partial charge in [-0.05, 0) is 32.1 Å². The fraction of sp³-hybridized carbons (Fsp3) is 0.850. The van der Waals surface area contributed by atoms with Gasteiger partial charge in [0.2, 0.25) is 23.6 Å². The van der Waals surface area contributed by atoms with Crippen LogP contribution in [-0.2, 0) is 47.7 Å². The average Bonchev–Trinajstić information content (AvgIpc) is 3.18. The van der Waals surface area contributed by atoms with Crippen LogP contribution in [0.1, 0.15) is 135 Å². The Labute approximate surface area is 343 Å². The van der Waals surface area contributed by atoms with Crippen molar-refractivity contribution in [3.05, 3.63) is 0 Å². The lowest BCUT2D eigenvalue weighted by Crippen LogP contribution is -2.40. The quantitative estimate of drug-likeness (QED) is 0.0377. The molecule has 57 heavy (non-hydrogen) atoms. The maximum absolute atomic E-state index is 12.3. The molecular formula is C40H75N4O12P. The molecule has 17 heteroatoms. The number of amides is 4. The normalized spacial score (nSPS) is 11.5. The second-order valence-corrected chi connectivity index (χ2v) is 14.4. The van der Waals surface area contributed by atoms with Crippen LogP contribution >= 0.6 is 9.24 Å². The van der Waals surface area contributed by atoms with E-state index < -0.39 is 18.0 Å². The zero-order chi connectivity index (χ0) is 42.0. The van der Waals surface area contributed by atoms with Gasteiger partial charge in [-0.15, -0.1) is 9.24 Å². The van der Waals surface area contributed by atoms with Crippen molar-refractivity contribution in [1.82, 2.24) is 21.3 Å². The second kappa shape index (κ2) is 41.3. The van der Waals surface area contributed by atoms with Gasteiger partial charge in [0.25, 0.3) is 0 Å². The van der Waals surface area contributed by atoms with E-state index in [2.05, 4.69) is 30.5 Å². The van der Waals surface area contributed by atoms with Crippen LogP contribution in [0.3, 0.4) is 0 Å². The fourth-order valence-corrected chi connectivity index (χ4v) is 5.80. The molecule has 0 bridgehead atoms. The van der Waals surface area contributed by atoms with Gasteiger partial charge in [0, 0.05) is 51.5 Å². The van der Waals surface area contributed by atoms with Crippen molar-refractivity contribution >= 4 is 44.8 Å². The molecule has 0 rings (SSSR count). The third kappa shape index (κ3) is 41.1. The fourth-order valence-electron chi connectivity index (χ4n) is 5.66. The Bertz CT molecular complexity index is 1060. The standard InChI is InChI=1S/C40H75N4O12P/c45-35(20-25-53-29-31-55-27-23-42-36(46)21-26-54-30-32-56-28-24-43-38(48)33-57)41-22-16-15-17-34(40(51)52)44-37(47)18-13-11-9-7-5-3-1-2-4-6-8-10-12-14-19-39(49)50/h34H,1-33,57H2,(H,41,45)(H,42,46)(H,43,48)(H,44,47)(H,49,50)(H,51,52). The van der Waals surface area contributed by atoms with Crippen LogP contribution in [0.5, 0.6) is 0 Å². The van der Waals surface area contributed by atoms with Gasteiger partial charge in [0.05, 0.1) is 52.9 Å². The van der Waals surface area contributed by atoms with Crippen molar-refractivity contribution in [2.75, 3.05) is 78.7 Å². The number of unbranched alkanes of at least 4 members (excludes halogenated alkanes) is 14. The lowest BCUT2D eigenvalue weighted by Gasteiger charge is -2.14. The Morgan fingerprint density at radius 3 is 1.26 bits per heavy atom.